The van der Waals surface area contributed by atoms with Crippen molar-refractivity contribution in [3.05, 3.63) is 24.5 Å². The van der Waals surface area contributed by atoms with Crippen molar-refractivity contribution in [2.75, 3.05) is 12.0 Å². The van der Waals surface area contributed by atoms with E-state index in [0.29, 0.717) is 12.6 Å². The predicted octanol–water partition coefficient (Wildman–Crippen LogP) is 0.946. The highest BCUT2D eigenvalue weighted by Crippen LogP contribution is 1.87. The second-order valence-electron chi connectivity index (χ2n) is 3.32. The molecule has 0 radical (unpaired) electrons. The molecule has 1 aromatic heterocycles. The van der Waals surface area contributed by atoms with E-state index in [1.165, 1.54) is 0 Å². The third-order valence-electron chi connectivity index (χ3n) is 2.08. The summed E-state index contributed by atoms with van der Waals surface area (Å²) in [6.07, 6.45) is 4.61. The molecule has 0 aliphatic heterocycles. The van der Waals surface area contributed by atoms with Crippen LogP contribution in [0.5, 0.6) is 0 Å². The first-order valence-corrected chi connectivity index (χ1v) is 4.88. The van der Waals surface area contributed by atoms with Gasteiger partial charge in [0.1, 0.15) is 0 Å². The maximum atomic E-state index is 11.3. The number of hydrogen-bond acceptors (Lipinski definition) is 2. The summed E-state index contributed by atoms with van der Waals surface area (Å²) in [5, 5.41) is 3.12. The first-order chi connectivity index (χ1) is 6.72. The second-order valence-corrected chi connectivity index (χ2v) is 3.32. The van der Waals surface area contributed by atoms with Crippen LogP contribution in [0.25, 0.3) is 0 Å². The van der Waals surface area contributed by atoms with Gasteiger partial charge < -0.3 is 5.32 Å². The highest BCUT2D eigenvalue weighted by atomic mass is 16.2. The number of amides is 1. The molecule has 4 heteroatoms. The van der Waals surface area contributed by atoms with E-state index in [1.807, 2.05) is 12.1 Å². The number of nitrogens with one attached hydrogen (secondary N) is 2. The van der Waals surface area contributed by atoms with E-state index in [0.717, 1.165) is 6.42 Å². The molecule has 14 heavy (non-hydrogen) atoms. The van der Waals surface area contributed by atoms with E-state index in [9.17, 15) is 4.79 Å². The Labute approximate surface area is 84.3 Å². The van der Waals surface area contributed by atoms with Gasteiger partial charge in [-0.15, -0.1) is 0 Å². The van der Waals surface area contributed by atoms with E-state index >= 15 is 0 Å². The molecule has 78 valence electrons. The number of nitrogens with zero attached hydrogens (tertiary/aromatic N) is 1. The zero-order chi connectivity index (χ0) is 10.4. The van der Waals surface area contributed by atoms with Crippen molar-refractivity contribution in [2.24, 2.45) is 0 Å². The van der Waals surface area contributed by atoms with Crippen molar-refractivity contribution < 1.29 is 4.79 Å². The Morgan fingerprint density at radius 1 is 1.43 bits per heavy atom. The van der Waals surface area contributed by atoms with E-state index < -0.39 is 0 Å². The summed E-state index contributed by atoms with van der Waals surface area (Å²) in [7, 11) is 0. The lowest BCUT2D eigenvalue weighted by Crippen LogP contribution is -2.36. The molecule has 0 bridgehead atoms. The average molecular weight is 195 g/mol. The molecule has 0 fully saturated rings. The Hall–Kier alpha value is -1.29. The zero-order valence-electron chi connectivity index (χ0n) is 8.66. The van der Waals surface area contributed by atoms with Gasteiger partial charge in [0, 0.05) is 18.4 Å². The first-order valence-electron chi connectivity index (χ1n) is 4.88. The summed E-state index contributed by atoms with van der Waals surface area (Å²) in [4.78, 5) is 11.3. The molecule has 4 nitrogen and oxygen atoms in total. The molecule has 1 atom stereocenters. The molecule has 1 rings (SSSR count). The van der Waals surface area contributed by atoms with Crippen LogP contribution >= 0.6 is 0 Å². The number of carbonyl (C=O) groups excluding carboxylic acids is 1. The molecular weight excluding hydrogens is 178 g/mol. The minimum absolute atomic E-state index is 0.0264. The third-order valence-corrected chi connectivity index (χ3v) is 2.08. The largest absolute Gasteiger partial charge is 0.306 e. The number of aromatic nitrogens is 1. The van der Waals surface area contributed by atoms with Gasteiger partial charge in [0.2, 0.25) is 0 Å². The van der Waals surface area contributed by atoms with Gasteiger partial charge in [-0.25, -0.2) is 0 Å². The van der Waals surface area contributed by atoms with Gasteiger partial charge >= 0.3 is 0 Å². The molecule has 0 aliphatic rings. The van der Waals surface area contributed by atoms with Crippen molar-refractivity contribution in [2.45, 2.75) is 26.3 Å². The maximum absolute atomic E-state index is 11.3. The molecule has 0 aromatic carbocycles. The fourth-order valence-corrected chi connectivity index (χ4v) is 1.00. The number of rotatable bonds is 5. The zero-order valence-corrected chi connectivity index (χ0v) is 8.66. The summed E-state index contributed by atoms with van der Waals surface area (Å²) in [6.45, 7) is 4.50. The molecule has 0 aliphatic carbocycles. The van der Waals surface area contributed by atoms with Crippen LogP contribution in [0.2, 0.25) is 0 Å². The van der Waals surface area contributed by atoms with Crippen molar-refractivity contribution in [3.8, 4) is 0 Å². The summed E-state index contributed by atoms with van der Waals surface area (Å²) in [6, 6.07) is 4.11. The first kappa shape index (κ1) is 10.8. The molecule has 0 saturated heterocycles. The lowest BCUT2D eigenvalue weighted by Gasteiger charge is -2.11. The summed E-state index contributed by atoms with van der Waals surface area (Å²) in [5.41, 5.74) is 2.72. The quantitative estimate of drug-likeness (QED) is 0.734. The molecular formula is C10H17N3O. The van der Waals surface area contributed by atoms with Crippen LogP contribution < -0.4 is 10.7 Å². The molecule has 0 saturated carbocycles. The van der Waals surface area contributed by atoms with Crippen molar-refractivity contribution >= 4 is 5.91 Å². The van der Waals surface area contributed by atoms with Crippen LogP contribution in [0.1, 0.15) is 20.3 Å². The molecule has 2 N–H and O–H groups in total. The van der Waals surface area contributed by atoms with Gasteiger partial charge in [-0.2, -0.15) is 0 Å². The van der Waals surface area contributed by atoms with Crippen molar-refractivity contribution in [3.63, 3.8) is 0 Å². The van der Waals surface area contributed by atoms with Gasteiger partial charge in [0.25, 0.3) is 5.91 Å². The Kier molecular flexibility index (Phi) is 4.19. The van der Waals surface area contributed by atoms with Crippen LogP contribution in [-0.4, -0.2) is 23.2 Å². The van der Waals surface area contributed by atoms with Crippen molar-refractivity contribution in [1.29, 1.82) is 0 Å². The molecule has 1 aromatic rings. The average Bonchev–Trinajstić information content (AvgIpc) is 2.66. The van der Waals surface area contributed by atoms with Crippen LogP contribution in [0.4, 0.5) is 0 Å². The standard InChI is InChI=1S/C10H17N3O/c1-3-9(2)11-8-10(14)12-13-6-4-5-7-13/h4-7,9,11H,3,8H2,1-2H3,(H,12,14). The minimum atomic E-state index is -0.0264. The lowest BCUT2D eigenvalue weighted by molar-refractivity contribution is -0.116. The maximum Gasteiger partial charge on any atom is 0.252 e. The fraction of sp³-hybridized carbons (Fsp3) is 0.500. The Balaban J connectivity index is 2.23. The Morgan fingerprint density at radius 2 is 2.07 bits per heavy atom. The van der Waals surface area contributed by atoms with Crippen LogP contribution in [0.15, 0.2) is 24.5 Å². The number of carbonyl (C=O) groups is 1. The normalized spacial score (nSPS) is 12.4. The Morgan fingerprint density at radius 3 is 2.64 bits per heavy atom. The van der Waals surface area contributed by atoms with Gasteiger partial charge in [-0.05, 0) is 25.5 Å². The lowest BCUT2D eigenvalue weighted by atomic mass is 10.2. The molecule has 0 spiro atoms. The SMILES string of the molecule is CCC(C)NCC(=O)Nn1cccc1. The van der Waals surface area contributed by atoms with Crippen LogP contribution in [0.3, 0.4) is 0 Å². The number of hydrogen-bond donors (Lipinski definition) is 2. The molecule has 1 amide bonds. The van der Waals surface area contributed by atoms with E-state index in [4.69, 9.17) is 0 Å². The smallest absolute Gasteiger partial charge is 0.252 e. The monoisotopic (exact) mass is 195 g/mol. The summed E-state index contributed by atoms with van der Waals surface area (Å²) < 4.78 is 1.64. The topological polar surface area (TPSA) is 46.1 Å². The summed E-state index contributed by atoms with van der Waals surface area (Å²) >= 11 is 0. The van der Waals surface area contributed by atoms with Gasteiger partial charge in [0.05, 0.1) is 6.54 Å². The highest BCUT2D eigenvalue weighted by molar-refractivity contribution is 5.85. The van der Waals surface area contributed by atoms with Gasteiger partial charge in [-0.3, -0.25) is 14.9 Å². The van der Waals surface area contributed by atoms with Crippen LogP contribution in [0, 0.1) is 0 Å². The second kappa shape index (κ2) is 5.44. The molecule has 1 heterocycles. The van der Waals surface area contributed by atoms with Crippen molar-refractivity contribution in [1.82, 2.24) is 9.99 Å². The fourth-order valence-electron chi connectivity index (χ4n) is 1.00. The third kappa shape index (κ3) is 3.62. The van der Waals surface area contributed by atoms with Gasteiger partial charge in [0.15, 0.2) is 0 Å². The molecule has 1 unspecified atom stereocenters. The highest BCUT2D eigenvalue weighted by Gasteiger charge is 2.02. The van der Waals surface area contributed by atoms with Gasteiger partial charge in [-0.1, -0.05) is 6.92 Å². The predicted molar refractivity (Wildman–Crippen MR) is 56.6 cm³/mol. The van der Waals surface area contributed by atoms with Crippen LogP contribution in [-0.2, 0) is 4.79 Å². The minimum Gasteiger partial charge on any atom is -0.306 e. The Bertz CT molecular complexity index is 269. The van der Waals surface area contributed by atoms with E-state index in [2.05, 4.69) is 24.6 Å². The van der Waals surface area contributed by atoms with E-state index in [-0.39, 0.29) is 5.91 Å². The van der Waals surface area contributed by atoms with E-state index in [1.54, 1.807) is 17.1 Å². The summed E-state index contributed by atoms with van der Waals surface area (Å²) in [5.74, 6) is -0.0264.